The Bertz CT molecular complexity index is 781. The number of carboxylic acid groups (broad SMARTS) is 1. The number of nitrogens with zero attached hydrogens (tertiary/aromatic N) is 3. The Hall–Kier alpha value is -2.83. The highest BCUT2D eigenvalue weighted by atomic mass is 16.5. The van der Waals surface area contributed by atoms with Gasteiger partial charge in [-0.25, -0.2) is 4.79 Å². The summed E-state index contributed by atoms with van der Waals surface area (Å²) in [6.07, 6.45) is 1.11. The normalized spacial score (nSPS) is 10.6. The summed E-state index contributed by atoms with van der Waals surface area (Å²) in [6, 6.07) is 7.07. The zero-order chi connectivity index (χ0) is 19.3. The van der Waals surface area contributed by atoms with Crippen LogP contribution in [0, 0.1) is 13.8 Å². The number of ether oxygens (including phenoxy) is 1. The van der Waals surface area contributed by atoms with Gasteiger partial charge in [0, 0.05) is 32.8 Å². The van der Waals surface area contributed by atoms with Crippen LogP contribution in [-0.2, 0) is 29.6 Å². The van der Waals surface area contributed by atoms with E-state index in [-0.39, 0.29) is 12.5 Å². The Labute approximate surface area is 153 Å². The maximum absolute atomic E-state index is 12.4. The second kappa shape index (κ2) is 8.51. The number of aromatic nitrogens is 2. The van der Waals surface area contributed by atoms with E-state index in [4.69, 9.17) is 9.84 Å². The number of aryl methyl sites for hydroxylation is 2. The molecule has 0 atom stereocenters. The van der Waals surface area contributed by atoms with Gasteiger partial charge in [0.15, 0.2) is 6.61 Å². The fourth-order valence-corrected chi connectivity index (χ4v) is 2.80. The number of hydrogen-bond acceptors (Lipinski definition) is 4. The predicted octanol–water partition coefficient (Wildman–Crippen LogP) is 2.09. The fraction of sp³-hybridized carbons (Fsp3) is 0.421. The molecule has 0 unspecified atom stereocenters. The van der Waals surface area contributed by atoms with E-state index in [9.17, 15) is 9.59 Å². The Kier molecular flexibility index (Phi) is 6.38. The maximum atomic E-state index is 12.4. The highest BCUT2D eigenvalue weighted by Gasteiger charge is 2.14. The van der Waals surface area contributed by atoms with Crippen LogP contribution in [0.25, 0.3) is 0 Å². The van der Waals surface area contributed by atoms with E-state index in [0.717, 1.165) is 22.5 Å². The molecule has 0 spiro atoms. The van der Waals surface area contributed by atoms with Gasteiger partial charge in [-0.15, -0.1) is 0 Å². The molecule has 1 heterocycles. The van der Waals surface area contributed by atoms with Gasteiger partial charge in [-0.1, -0.05) is 12.1 Å². The third kappa shape index (κ3) is 5.08. The minimum Gasteiger partial charge on any atom is -0.482 e. The van der Waals surface area contributed by atoms with Crippen LogP contribution >= 0.6 is 0 Å². The molecule has 26 heavy (non-hydrogen) atoms. The molecule has 0 aliphatic rings. The van der Waals surface area contributed by atoms with Gasteiger partial charge in [0.1, 0.15) is 5.75 Å². The highest BCUT2D eigenvalue weighted by molar-refractivity contribution is 5.76. The van der Waals surface area contributed by atoms with Crippen molar-refractivity contribution < 1.29 is 19.4 Å². The topological polar surface area (TPSA) is 84.7 Å². The maximum Gasteiger partial charge on any atom is 0.341 e. The number of carbonyl (C=O) groups excluding carboxylic acids is 1. The molecule has 7 heteroatoms. The van der Waals surface area contributed by atoms with E-state index in [2.05, 4.69) is 5.10 Å². The lowest BCUT2D eigenvalue weighted by Gasteiger charge is -2.17. The van der Waals surface area contributed by atoms with Gasteiger partial charge in [0.2, 0.25) is 5.91 Å². The molecule has 2 aromatic rings. The van der Waals surface area contributed by atoms with Gasteiger partial charge in [-0.3, -0.25) is 9.48 Å². The summed E-state index contributed by atoms with van der Waals surface area (Å²) in [6.45, 7) is 4.09. The minimum absolute atomic E-state index is 0.0684. The molecule has 0 aliphatic heterocycles. The lowest BCUT2D eigenvalue weighted by molar-refractivity contribution is -0.139. The molecule has 2 rings (SSSR count). The molecule has 1 aromatic carbocycles. The molecule has 0 bridgehead atoms. The van der Waals surface area contributed by atoms with Crippen LogP contribution in [0.2, 0.25) is 0 Å². The van der Waals surface area contributed by atoms with Crippen molar-refractivity contribution in [3.8, 4) is 5.75 Å². The first-order valence-electron chi connectivity index (χ1n) is 8.44. The zero-order valence-electron chi connectivity index (χ0n) is 15.7. The first-order chi connectivity index (χ1) is 12.3. The molecule has 0 fully saturated rings. The molecule has 1 N–H and O–H groups in total. The summed E-state index contributed by atoms with van der Waals surface area (Å²) in [5.41, 5.74) is 4.15. The van der Waals surface area contributed by atoms with Crippen LogP contribution in [0.4, 0.5) is 0 Å². The molecule has 7 nitrogen and oxygen atoms in total. The third-order valence-electron chi connectivity index (χ3n) is 4.38. The lowest BCUT2D eigenvalue weighted by atomic mass is 10.1. The second-order valence-corrected chi connectivity index (χ2v) is 6.35. The Morgan fingerprint density at radius 2 is 1.88 bits per heavy atom. The predicted molar refractivity (Wildman–Crippen MR) is 97.0 cm³/mol. The van der Waals surface area contributed by atoms with Crippen LogP contribution in [0.5, 0.6) is 5.75 Å². The highest BCUT2D eigenvalue weighted by Crippen LogP contribution is 2.16. The van der Waals surface area contributed by atoms with Crippen molar-refractivity contribution in [3.63, 3.8) is 0 Å². The number of aliphatic carboxylic acids is 1. The Balaban J connectivity index is 1.87. The molecule has 140 valence electrons. The zero-order valence-corrected chi connectivity index (χ0v) is 15.7. The summed E-state index contributed by atoms with van der Waals surface area (Å²) < 4.78 is 6.94. The molecule has 0 saturated heterocycles. The monoisotopic (exact) mass is 359 g/mol. The van der Waals surface area contributed by atoms with Crippen molar-refractivity contribution in [2.75, 3.05) is 13.7 Å². The quantitative estimate of drug-likeness (QED) is 0.780. The molecule has 1 aromatic heterocycles. The molecule has 0 saturated carbocycles. The average Bonchev–Trinajstić information content (AvgIpc) is 2.84. The van der Waals surface area contributed by atoms with Crippen molar-refractivity contribution in [1.82, 2.24) is 14.7 Å². The first kappa shape index (κ1) is 19.5. The van der Waals surface area contributed by atoms with Gasteiger partial charge in [-0.05, 0) is 43.5 Å². The number of rotatable bonds is 8. The Morgan fingerprint density at radius 1 is 1.23 bits per heavy atom. The van der Waals surface area contributed by atoms with Crippen LogP contribution in [-0.4, -0.2) is 45.3 Å². The number of amides is 1. The molecule has 1 amide bonds. The summed E-state index contributed by atoms with van der Waals surface area (Å²) in [4.78, 5) is 24.6. The number of carboxylic acids is 1. The minimum atomic E-state index is -1.02. The van der Waals surface area contributed by atoms with Crippen molar-refractivity contribution in [2.45, 2.75) is 33.2 Å². The number of hydrogen-bond donors (Lipinski definition) is 1. The molecule has 0 radical (unpaired) electrons. The van der Waals surface area contributed by atoms with E-state index in [1.807, 2.05) is 37.7 Å². The summed E-state index contributed by atoms with van der Waals surface area (Å²) in [7, 11) is 3.68. The largest absolute Gasteiger partial charge is 0.482 e. The van der Waals surface area contributed by atoms with Gasteiger partial charge < -0.3 is 14.7 Å². The number of benzene rings is 1. The van der Waals surface area contributed by atoms with Gasteiger partial charge in [0.25, 0.3) is 0 Å². The van der Waals surface area contributed by atoms with E-state index >= 15 is 0 Å². The molecular formula is C19H25N3O4. The van der Waals surface area contributed by atoms with E-state index in [1.54, 1.807) is 24.1 Å². The van der Waals surface area contributed by atoms with Gasteiger partial charge in [-0.2, -0.15) is 5.10 Å². The van der Waals surface area contributed by atoms with Crippen molar-refractivity contribution in [3.05, 3.63) is 46.8 Å². The molecule has 0 aliphatic carbocycles. The lowest BCUT2D eigenvalue weighted by Crippen LogP contribution is -2.26. The van der Waals surface area contributed by atoms with E-state index < -0.39 is 5.97 Å². The summed E-state index contributed by atoms with van der Waals surface area (Å²) in [5, 5.41) is 13.0. The fourth-order valence-electron chi connectivity index (χ4n) is 2.80. The second-order valence-electron chi connectivity index (χ2n) is 6.35. The summed E-state index contributed by atoms with van der Waals surface area (Å²) >= 11 is 0. The van der Waals surface area contributed by atoms with Crippen molar-refractivity contribution in [1.29, 1.82) is 0 Å². The SMILES string of the molecule is Cc1nn(C)c(C)c1CCC(=O)N(C)Cc1ccc(OCC(=O)O)cc1. The third-order valence-corrected chi connectivity index (χ3v) is 4.38. The average molecular weight is 359 g/mol. The van der Waals surface area contributed by atoms with Gasteiger partial charge in [0.05, 0.1) is 5.69 Å². The van der Waals surface area contributed by atoms with E-state index in [0.29, 0.717) is 25.1 Å². The van der Waals surface area contributed by atoms with Crippen LogP contribution in [0.3, 0.4) is 0 Å². The van der Waals surface area contributed by atoms with Crippen LogP contribution in [0.1, 0.15) is 28.9 Å². The number of carbonyl (C=O) groups is 2. The summed E-state index contributed by atoms with van der Waals surface area (Å²) in [5.74, 6) is -0.454. The standard InChI is InChI=1S/C19H25N3O4/c1-13-17(14(2)22(4)20-13)9-10-18(23)21(3)11-15-5-7-16(8-6-15)26-12-19(24)25/h5-8H,9-12H2,1-4H3,(H,24,25). The van der Waals surface area contributed by atoms with Crippen molar-refractivity contribution >= 4 is 11.9 Å². The van der Waals surface area contributed by atoms with E-state index in [1.165, 1.54) is 0 Å². The first-order valence-corrected chi connectivity index (χ1v) is 8.44. The van der Waals surface area contributed by atoms with Crippen molar-refractivity contribution in [2.24, 2.45) is 7.05 Å². The van der Waals surface area contributed by atoms with Crippen LogP contribution < -0.4 is 4.74 Å². The Morgan fingerprint density at radius 3 is 2.42 bits per heavy atom. The van der Waals surface area contributed by atoms with Crippen LogP contribution in [0.15, 0.2) is 24.3 Å². The van der Waals surface area contributed by atoms with Gasteiger partial charge >= 0.3 is 5.97 Å². The molecular weight excluding hydrogens is 334 g/mol. The smallest absolute Gasteiger partial charge is 0.341 e.